The summed E-state index contributed by atoms with van der Waals surface area (Å²) < 4.78 is 37.2. The van der Waals surface area contributed by atoms with Crippen molar-refractivity contribution in [1.29, 1.82) is 0 Å². The number of hydrogen-bond acceptors (Lipinski definition) is 13. The van der Waals surface area contributed by atoms with Crippen molar-refractivity contribution < 1.29 is 58.2 Å². The molecule has 324 valence electrons. The van der Waals surface area contributed by atoms with Gasteiger partial charge >= 0.3 is 12.2 Å². The number of rotatable bonds is 23. The van der Waals surface area contributed by atoms with Crippen molar-refractivity contribution >= 4 is 29.5 Å². The second kappa shape index (κ2) is 23.4. The molecule has 5 rings (SSSR count). The van der Waals surface area contributed by atoms with E-state index < -0.39 is 36.2 Å². The van der Waals surface area contributed by atoms with Gasteiger partial charge in [0, 0.05) is 50.6 Å². The van der Waals surface area contributed by atoms with Crippen molar-refractivity contribution in [2.24, 2.45) is 22.9 Å². The maximum absolute atomic E-state index is 14.2. The number of fused-ring (bicyclic) bond motifs is 2. The molecule has 4 N–H and O–H groups in total. The Morgan fingerprint density at radius 2 is 1.90 bits per heavy atom. The molecule has 1 aromatic carbocycles. The number of aliphatic hydroxyl groups excluding tert-OH is 3. The lowest BCUT2D eigenvalue weighted by molar-refractivity contribution is -0.256. The second-order valence-corrected chi connectivity index (χ2v) is 15.3. The van der Waals surface area contributed by atoms with E-state index in [-0.39, 0.29) is 82.8 Å². The van der Waals surface area contributed by atoms with E-state index in [1.54, 1.807) is 23.1 Å². The SMILES string of the molecule is C=CCO[C@@]12Oc3ccc(OC(=O)NCC)cc3[C@H]3[C@H](CCCCO)[C@@H](CCCCO)C=C(C(=NOC4CCCCO4)C[C@@H]1N(CCOCCO)C(=O)OCCCl)[C@H]32. The highest BCUT2D eigenvalue weighted by molar-refractivity contribution is 6.18. The highest BCUT2D eigenvalue weighted by atomic mass is 35.5. The van der Waals surface area contributed by atoms with Crippen molar-refractivity contribution in [1.82, 2.24) is 10.2 Å². The largest absolute Gasteiger partial charge is 0.459 e. The fourth-order valence-corrected chi connectivity index (χ4v) is 8.91. The quantitative estimate of drug-likeness (QED) is 0.0461. The lowest BCUT2D eigenvalue weighted by Gasteiger charge is -2.59. The van der Waals surface area contributed by atoms with Gasteiger partial charge in [-0.15, -0.1) is 18.2 Å². The highest BCUT2D eigenvalue weighted by Crippen LogP contribution is 2.62. The van der Waals surface area contributed by atoms with Crippen LogP contribution in [0.25, 0.3) is 0 Å². The van der Waals surface area contributed by atoms with E-state index in [2.05, 4.69) is 18.0 Å². The fraction of sp³-hybridized carbons (Fsp3) is 0.690. The van der Waals surface area contributed by atoms with Crippen LogP contribution in [-0.2, 0) is 23.8 Å². The third-order valence-electron chi connectivity index (χ3n) is 11.2. The Hall–Kier alpha value is -3.44. The summed E-state index contributed by atoms with van der Waals surface area (Å²) in [6.45, 7) is 6.90. The molecule has 15 nitrogen and oxygen atoms in total. The van der Waals surface area contributed by atoms with Gasteiger partial charge in [0.05, 0.1) is 50.5 Å². The molecule has 2 fully saturated rings. The van der Waals surface area contributed by atoms with Crippen LogP contribution in [0.3, 0.4) is 0 Å². The molecule has 2 aliphatic carbocycles. The number of hydrogen-bond donors (Lipinski definition) is 4. The molecule has 0 aromatic heterocycles. The monoisotopic (exact) mass is 835 g/mol. The topological polar surface area (TPSA) is 187 Å². The van der Waals surface area contributed by atoms with E-state index in [1.165, 1.54) is 0 Å². The van der Waals surface area contributed by atoms with Gasteiger partial charge < -0.3 is 53.9 Å². The third-order valence-corrected chi connectivity index (χ3v) is 11.4. The molecule has 58 heavy (non-hydrogen) atoms. The number of unbranched alkanes of at least 4 members (excludes halogenated alkanes) is 2. The van der Waals surface area contributed by atoms with Crippen LogP contribution in [0.4, 0.5) is 9.59 Å². The number of carbonyl (C=O) groups excluding carboxylic acids is 2. The summed E-state index contributed by atoms with van der Waals surface area (Å²) in [6.07, 6.45) is 9.05. The lowest BCUT2D eigenvalue weighted by Crippen LogP contribution is -2.70. The summed E-state index contributed by atoms with van der Waals surface area (Å²) in [5, 5.41) is 36.7. The van der Waals surface area contributed by atoms with Crippen molar-refractivity contribution in [2.45, 2.75) is 95.2 Å². The number of nitrogens with zero attached hydrogens (tertiary/aromatic N) is 2. The number of amides is 2. The number of oxime groups is 1. The molecule has 0 spiro atoms. The van der Waals surface area contributed by atoms with Crippen LogP contribution in [0.15, 0.2) is 47.7 Å². The Labute approximate surface area is 346 Å². The predicted molar refractivity (Wildman–Crippen MR) is 216 cm³/mol. The molecule has 0 radical (unpaired) electrons. The van der Waals surface area contributed by atoms with Crippen LogP contribution < -0.4 is 14.8 Å². The first-order valence-electron chi connectivity index (χ1n) is 20.8. The van der Waals surface area contributed by atoms with Crippen LogP contribution in [0.2, 0.25) is 0 Å². The molecule has 7 atom stereocenters. The molecule has 2 amide bonds. The third kappa shape index (κ3) is 11.2. The normalized spacial score (nSPS) is 26.7. The average molecular weight is 836 g/mol. The van der Waals surface area contributed by atoms with E-state index in [1.807, 2.05) is 13.0 Å². The number of nitrogens with one attached hydrogen (secondary N) is 1. The highest BCUT2D eigenvalue weighted by Gasteiger charge is 2.65. The first-order valence-corrected chi connectivity index (χ1v) is 21.4. The van der Waals surface area contributed by atoms with E-state index in [4.69, 9.17) is 50.0 Å². The zero-order valence-electron chi connectivity index (χ0n) is 33.7. The van der Waals surface area contributed by atoms with Crippen LogP contribution >= 0.6 is 11.6 Å². The van der Waals surface area contributed by atoms with Gasteiger partial charge in [-0.1, -0.05) is 30.1 Å². The Balaban J connectivity index is 1.76. The summed E-state index contributed by atoms with van der Waals surface area (Å²) in [5.74, 6) is -1.59. The van der Waals surface area contributed by atoms with Gasteiger partial charge in [0.2, 0.25) is 12.1 Å². The number of halogens is 1. The fourth-order valence-electron chi connectivity index (χ4n) is 8.83. The van der Waals surface area contributed by atoms with Gasteiger partial charge in [0.15, 0.2) is 0 Å². The van der Waals surface area contributed by atoms with Crippen LogP contribution in [0.5, 0.6) is 11.5 Å². The Morgan fingerprint density at radius 3 is 2.60 bits per heavy atom. The van der Waals surface area contributed by atoms with E-state index in [0.717, 1.165) is 49.7 Å². The Kier molecular flexibility index (Phi) is 18.4. The Morgan fingerprint density at radius 1 is 1.09 bits per heavy atom. The molecular formula is C42H62ClN3O12. The smallest absolute Gasteiger partial charge is 0.412 e. The van der Waals surface area contributed by atoms with E-state index in [0.29, 0.717) is 49.6 Å². The minimum absolute atomic E-state index is 0.00173. The number of alkyl halides is 1. The number of benzene rings is 1. The summed E-state index contributed by atoms with van der Waals surface area (Å²) in [7, 11) is 0. The van der Waals surface area contributed by atoms with Gasteiger partial charge in [0.25, 0.3) is 0 Å². The minimum Gasteiger partial charge on any atom is -0.459 e. The standard InChI is InChI=1S/C42H62ClN3O12/c1-3-21-55-42-36(46(17-24-52-25-20-49)41(51)54-23-16-43)28-34(45-58-37-13-7-10-22-53-37)32-26-29(11-5-8-18-47)31(12-6-9-19-48)38(39(32)42)33-27-30(14-15-35(33)57-42)56-40(50)44-4-2/h3,14-15,26-27,29,31,36-39,47-49H,1,4-13,16-25,28H2,2H3,(H,44,50)/t29-,31+,36-,37?,38+,39+,42+/m0/s1. The summed E-state index contributed by atoms with van der Waals surface area (Å²) in [4.78, 5) is 34.6. The van der Waals surface area contributed by atoms with E-state index in [9.17, 15) is 24.9 Å². The minimum atomic E-state index is -1.54. The number of allylic oxidation sites excluding steroid dienone is 1. The maximum Gasteiger partial charge on any atom is 0.412 e. The van der Waals surface area contributed by atoms with Gasteiger partial charge in [-0.05, 0) is 81.1 Å². The molecule has 1 saturated heterocycles. The molecule has 4 aliphatic rings. The molecule has 2 heterocycles. The van der Waals surface area contributed by atoms with Gasteiger partial charge in [-0.25, -0.2) is 9.59 Å². The lowest BCUT2D eigenvalue weighted by atomic mass is 9.55. The molecule has 1 unspecified atom stereocenters. The Bertz CT molecular complexity index is 1540. The average Bonchev–Trinajstić information content (AvgIpc) is 3.23. The van der Waals surface area contributed by atoms with Crippen molar-refractivity contribution in [3.8, 4) is 11.5 Å². The zero-order valence-corrected chi connectivity index (χ0v) is 34.5. The van der Waals surface area contributed by atoms with Gasteiger partial charge in [-0.3, -0.25) is 4.90 Å². The second-order valence-electron chi connectivity index (χ2n) is 14.9. The summed E-state index contributed by atoms with van der Waals surface area (Å²) in [5.41, 5.74) is 2.25. The summed E-state index contributed by atoms with van der Waals surface area (Å²) >= 11 is 6.01. The van der Waals surface area contributed by atoms with Crippen LogP contribution in [-0.4, -0.2) is 128 Å². The van der Waals surface area contributed by atoms with Crippen molar-refractivity contribution in [2.75, 3.05) is 71.8 Å². The molecular weight excluding hydrogens is 774 g/mol. The zero-order chi connectivity index (χ0) is 41.3. The van der Waals surface area contributed by atoms with E-state index >= 15 is 0 Å². The number of aliphatic hydroxyl groups is 3. The van der Waals surface area contributed by atoms with Crippen molar-refractivity contribution in [3.63, 3.8) is 0 Å². The molecule has 2 aliphatic heterocycles. The number of ether oxygens (including phenoxy) is 6. The molecule has 1 saturated carbocycles. The maximum atomic E-state index is 14.2. The number of carbonyl (C=O) groups is 2. The predicted octanol–water partition coefficient (Wildman–Crippen LogP) is 5.64. The first-order chi connectivity index (χ1) is 28.3. The summed E-state index contributed by atoms with van der Waals surface area (Å²) in [6, 6.07) is 4.43. The van der Waals surface area contributed by atoms with Crippen LogP contribution in [0, 0.1) is 17.8 Å². The van der Waals surface area contributed by atoms with Crippen LogP contribution in [0.1, 0.15) is 82.6 Å². The molecule has 1 aromatic rings. The molecule has 16 heteroatoms. The van der Waals surface area contributed by atoms with Crippen molar-refractivity contribution in [3.05, 3.63) is 48.1 Å². The molecule has 0 bridgehead atoms. The first kappa shape index (κ1) is 45.6. The van der Waals surface area contributed by atoms with Gasteiger partial charge in [-0.2, -0.15) is 0 Å². The van der Waals surface area contributed by atoms with Gasteiger partial charge in [0.1, 0.15) is 24.1 Å².